The van der Waals surface area contributed by atoms with Crippen molar-refractivity contribution in [1.82, 2.24) is 9.88 Å². The van der Waals surface area contributed by atoms with Crippen LogP contribution in [0.3, 0.4) is 0 Å². The second kappa shape index (κ2) is 8.32. The molecule has 5 heteroatoms. The van der Waals surface area contributed by atoms with E-state index in [1.807, 2.05) is 24.8 Å². The van der Waals surface area contributed by atoms with Crippen LogP contribution in [0.4, 0.5) is 5.69 Å². The molecule has 1 aromatic heterocycles. The highest BCUT2D eigenvalue weighted by atomic mass is 16.3. The van der Waals surface area contributed by atoms with Crippen LogP contribution in [0.1, 0.15) is 24.3 Å². The zero-order valence-electron chi connectivity index (χ0n) is 12.2. The van der Waals surface area contributed by atoms with Gasteiger partial charge in [0.2, 0.25) is 0 Å². The number of aliphatic hydroxyl groups excluding tert-OH is 1. The number of hydrogen-bond donors (Lipinski definition) is 1. The highest BCUT2D eigenvalue weighted by molar-refractivity contribution is 5.93. The Labute approximate surface area is 120 Å². The lowest BCUT2D eigenvalue weighted by molar-refractivity contribution is 0.0767. The summed E-state index contributed by atoms with van der Waals surface area (Å²) in [6.07, 6.45) is 3.39. The lowest BCUT2D eigenvalue weighted by Gasteiger charge is -2.23. The summed E-state index contributed by atoms with van der Waals surface area (Å²) in [5, 5.41) is 9.10. The molecule has 0 unspecified atom stereocenters. The van der Waals surface area contributed by atoms with Gasteiger partial charge < -0.3 is 14.9 Å². The third-order valence-electron chi connectivity index (χ3n) is 3.10. The van der Waals surface area contributed by atoms with E-state index in [1.165, 1.54) is 0 Å². The Bertz CT molecular complexity index is 444. The molecule has 0 aliphatic rings. The molecule has 5 nitrogen and oxygen atoms in total. The zero-order valence-corrected chi connectivity index (χ0v) is 12.2. The first-order valence-electron chi connectivity index (χ1n) is 6.89. The molecule has 0 aliphatic heterocycles. The molecule has 0 bridgehead atoms. The molecule has 0 saturated heterocycles. The van der Waals surface area contributed by atoms with Crippen molar-refractivity contribution in [3.63, 3.8) is 0 Å². The van der Waals surface area contributed by atoms with Gasteiger partial charge in [0.05, 0.1) is 6.61 Å². The third kappa shape index (κ3) is 4.06. The van der Waals surface area contributed by atoms with Gasteiger partial charge in [-0.2, -0.15) is 0 Å². The van der Waals surface area contributed by atoms with Gasteiger partial charge in [0.25, 0.3) is 5.91 Å². The minimum Gasteiger partial charge on any atom is -0.395 e. The molecule has 0 spiro atoms. The van der Waals surface area contributed by atoms with Gasteiger partial charge in [-0.1, -0.05) is 6.08 Å². The van der Waals surface area contributed by atoms with E-state index in [0.717, 1.165) is 5.69 Å². The van der Waals surface area contributed by atoms with Crippen molar-refractivity contribution in [2.24, 2.45) is 0 Å². The highest BCUT2D eigenvalue weighted by Gasteiger charge is 2.15. The second-order valence-electron chi connectivity index (χ2n) is 4.34. The van der Waals surface area contributed by atoms with Gasteiger partial charge >= 0.3 is 0 Å². The topological polar surface area (TPSA) is 56.7 Å². The fourth-order valence-electron chi connectivity index (χ4n) is 2.01. The third-order valence-corrected chi connectivity index (χ3v) is 3.10. The highest BCUT2D eigenvalue weighted by Crippen LogP contribution is 2.15. The lowest BCUT2D eigenvalue weighted by Crippen LogP contribution is -2.32. The summed E-state index contributed by atoms with van der Waals surface area (Å²) in [7, 11) is 0. The van der Waals surface area contributed by atoms with Crippen LogP contribution < -0.4 is 4.90 Å². The van der Waals surface area contributed by atoms with Crippen molar-refractivity contribution in [3.05, 3.63) is 36.7 Å². The number of hydrogen-bond acceptors (Lipinski definition) is 4. The van der Waals surface area contributed by atoms with Crippen LogP contribution in [0.2, 0.25) is 0 Å². The van der Waals surface area contributed by atoms with Crippen molar-refractivity contribution in [2.75, 3.05) is 37.7 Å². The average molecular weight is 277 g/mol. The van der Waals surface area contributed by atoms with E-state index in [0.29, 0.717) is 31.9 Å². The molecular weight excluding hydrogens is 254 g/mol. The Morgan fingerprint density at radius 1 is 1.45 bits per heavy atom. The maximum absolute atomic E-state index is 12.3. The summed E-state index contributed by atoms with van der Waals surface area (Å²) in [6, 6.07) is 3.60. The molecule has 0 saturated carbocycles. The van der Waals surface area contributed by atoms with Gasteiger partial charge in [0.1, 0.15) is 5.69 Å². The minimum absolute atomic E-state index is 0.0511. The minimum atomic E-state index is -0.0700. The van der Waals surface area contributed by atoms with Gasteiger partial charge in [0.15, 0.2) is 0 Å². The van der Waals surface area contributed by atoms with Gasteiger partial charge in [-0.25, -0.2) is 0 Å². The molecular formula is C15H23N3O2. The molecule has 0 radical (unpaired) electrons. The fourth-order valence-corrected chi connectivity index (χ4v) is 2.01. The number of anilines is 1. The van der Waals surface area contributed by atoms with Gasteiger partial charge in [-0.15, -0.1) is 6.58 Å². The van der Waals surface area contributed by atoms with Crippen molar-refractivity contribution in [3.8, 4) is 0 Å². The molecule has 1 N–H and O–H groups in total. The predicted octanol–water partition coefficient (Wildman–Crippen LogP) is 1.55. The smallest absolute Gasteiger partial charge is 0.272 e. The number of aromatic nitrogens is 1. The normalized spacial score (nSPS) is 10.2. The molecule has 0 atom stereocenters. The van der Waals surface area contributed by atoms with Crippen LogP contribution >= 0.6 is 0 Å². The molecule has 1 rings (SSSR count). The molecule has 20 heavy (non-hydrogen) atoms. The molecule has 1 aromatic rings. The Kier molecular flexibility index (Phi) is 6.73. The van der Waals surface area contributed by atoms with Crippen molar-refractivity contribution in [2.45, 2.75) is 13.8 Å². The number of nitrogens with zero attached hydrogens (tertiary/aromatic N) is 3. The van der Waals surface area contributed by atoms with E-state index >= 15 is 0 Å². The maximum Gasteiger partial charge on any atom is 0.272 e. The maximum atomic E-state index is 12.3. The first-order chi connectivity index (χ1) is 9.67. The van der Waals surface area contributed by atoms with Crippen LogP contribution in [0.5, 0.6) is 0 Å². The lowest BCUT2D eigenvalue weighted by atomic mass is 10.2. The predicted molar refractivity (Wildman–Crippen MR) is 81.0 cm³/mol. The first kappa shape index (κ1) is 16.2. The van der Waals surface area contributed by atoms with Crippen molar-refractivity contribution < 1.29 is 9.90 Å². The number of pyridine rings is 1. The van der Waals surface area contributed by atoms with E-state index in [4.69, 9.17) is 5.11 Å². The number of rotatable bonds is 8. The quantitative estimate of drug-likeness (QED) is 0.732. The van der Waals surface area contributed by atoms with E-state index in [-0.39, 0.29) is 12.5 Å². The monoisotopic (exact) mass is 277 g/mol. The number of amides is 1. The molecule has 0 aromatic carbocycles. The van der Waals surface area contributed by atoms with Crippen LogP contribution in [0.25, 0.3) is 0 Å². The van der Waals surface area contributed by atoms with Crippen molar-refractivity contribution >= 4 is 11.6 Å². The van der Waals surface area contributed by atoms with E-state index in [2.05, 4.69) is 11.6 Å². The summed E-state index contributed by atoms with van der Waals surface area (Å²) >= 11 is 0. The van der Waals surface area contributed by atoms with E-state index in [1.54, 1.807) is 23.2 Å². The summed E-state index contributed by atoms with van der Waals surface area (Å²) in [5.74, 6) is -0.0700. The van der Waals surface area contributed by atoms with Gasteiger partial charge in [-0.05, 0) is 26.0 Å². The van der Waals surface area contributed by atoms with Gasteiger partial charge in [0, 0.05) is 38.1 Å². The largest absolute Gasteiger partial charge is 0.395 e. The van der Waals surface area contributed by atoms with Gasteiger partial charge in [-0.3, -0.25) is 9.78 Å². The molecule has 1 amide bonds. The summed E-state index contributed by atoms with van der Waals surface area (Å²) < 4.78 is 0. The van der Waals surface area contributed by atoms with Crippen LogP contribution in [-0.4, -0.2) is 53.7 Å². The van der Waals surface area contributed by atoms with Crippen LogP contribution in [0.15, 0.2) is 31.0 Å². The number of carbonyl (C=O) groups excluding carboxylic acids is 1. The SMILES string of the molecule is C=CCN(CCO)c1ccnc(C(=O)N(CC)CC)c1. The molecule has 0 aliphatic carbocycles. The van der Waals surface area contributed by atoms with Crippen LogP contribution in [-0.2, 0) is 0 Å². The number of carbonyl (C=O) groups is 1. The van der Waals surface area contributed by atoms with Crippen molar-refractivity contribution in [1.29, 1.82) is 0 Å². The van der Waals surface area contributed by atoms with Crippen LogP contribution in [0, 0.1) is 0 Å². The number of aliphatic hydroxyl groups is 1. The standard InChI is InChI=1S/C15H23N3O2/c1-4-9-18(10-11-19)13-7-8-16-14(12-13)15(20)17(5-2)6-3/h4,7-8,12,19H,1,5-6,9-11H2,2-3H3. The zero-order chi connectivity index (χ0) is 15.0. The Morgan fingerprint density at radius 2 is 2.15 bits per heavy atom. The second-order valence-corrected chi connectivity index (χ2v) is 4.34. The fraction of sp³-hybridized carbons (Fsp3) is 0.467. The summed E-state index contributed by atoms with van der Waals surface area (Å²) in [4.78, 5) is 20.1. The van der Waals surface area contributed by atoms with E-state index in [9.17, 15) is 4.79 Å². The molecule has 1 heterocycles. The Hall–Kier alpha value is -1.88. The first-order valence-corrected chi connectivity index (χ1v) is 6.89. The Morgan fingerprint density at radius 3 is 2.70 bits per heavy atom. The summed E-state index contributed by atoms with van der Waals surface area (Å²) in [5.41, 5.74) is 1.29. The summed E-state index contributed by atoms with van der Waals surface area (Å²) in [6.45, 7) is 10.1. The molecule has 0 fully saturated rings. The molecule has 110 valence electrons. The average Bonchev–Trinajstić information content (AvgIpc) is 2.48. The Balaban J connectivity index is 2.99. The van der Waals surface area contributed by atoms with E-state index < -0.39 is 0 Å².